The van der Waals surface area contributed by atoms with Gasteiger partial charge in [0.1, 0.15) is 17.5 Å². The number of carbonyl (C=O) groups is 1. The number of nitrogens with zero attached hydrogens (tertiary/aromatic N) is 4. The molecular formula is C27H32FN5O. The van der Waals surface area contributed by atoms with Crippen molar-refractivity contribution in [2.24, 2.45) is 0 Å². The number of nitrogens with one attached hydrogen (secondary N) is 1. The van der Waals surface area contributed by atoms with Crippen molar-refractivity contribution in [2.75, 3.05) is 36.4 Å². The fourth-order valence-electron chi connectivity index (χ4n) is 4.40. The number of urea groups is 1. The van der Waals surface area contributed by atoms with E-state index in [4.69, 9.17) is 4.98 Å². The average molecular weight is 462 g/mol. The molecule has 1 aromatic heterocycles. The van der Waals surface area contributed by atoms with Gasteiger partial charge in [-0.05, 0) is 56.5 Å². The zero-order valence-corrected chi connectivity index (χ0v) is 20.1. The molecule has 1 saturated heterocycles. The van der Waals surface area contributed by atoms with Crippen LogP contribution in [0, 0.1) is 19.7 Å². The van der Waals surface area contributed by atoms with Gasteiger partial charge in [-0.25, -0.2) is 19.2 Å². The molecule has 4 rings (SSSR count). The molecule has 0 atom stereocenters. The van der Waals surface area contributed by atoms with E-state index in [-0.39, 0.29) is 11.8 Å². The smallest absolute Gasteiger partial charge is 0.321 e. The molecule has 0 saturated carbocycles. The number of carbonyl (C=O) groups excluding carboxylic acids is 1. The van der Waals surface area contributed by atoms with Crippen LogP contribution in [0.4, 0.5) is 20.7 Å². The van der Waals surface area contributed by atoms with Crippen LogP contribution in [0.5, 0.6) is 0 Å². The predicted molar refractivity (Wildman–Crippen MR) is 134 cm³/mol. The maximum absolute atomic E-state index is 13.8. The third-order valence-electron chi connectivity index (χ3n) is 6.17. The molecule has 178 valence electrons. The van der Waals surface area contributed by atoms with Gasteiger partial charge < -0.3 is 15.1 Å². The number of aryl methyl sites for hydroxylation is 3. The standard InChI is InChI=1S/C27H32FN5O/c1-4-25-24(18-21-7-5-8-22(28)17-21)26(30-20(3)29-25)32-13-6-14-33(16-15-32)27(34)31-23-11-9-19(2)10-12-23/h5,7-12,17H,4,6,13-16,18H2,1-3H3,(H,31,34). The quantitative estimate of drug-likeness (QED) is 0.572. The van der Waals surface area contributed by atoms with E-state index in [1.807, 2.05) is 49.1 Å². The van der Waals surface area contributed by atoms with E-state index >= 15 is 0 Å². The average Bonchev–Trinajstić information content (AvgIpc) is 3.08. The number of rotatable bonds is 5. The molecule has 1 aliphatic rings. The molecule has 0 aliphatic carbocycles. The molecule has 0 radical (unpaired) electrons. The zero-order chi connectivity index (χ0) is 24.1. The van der Waals surface area contributed by atoms with E-state index in [9.17, 15) is 9.18 Å². The van der Waals surface area contributed by atoms with Crippen molar-refractivity contribution in [1.82, 2.24) is 14.9 Å². The minimum absolute atomic E-state index is 0.0844. The first-order valence-corrected chi connectivity index (χ1v) is 11.9. The summed E-state index contributed by atoms with van der Waals surface area (Å²) in [6, 6.07) is 14.4. The topological polar surface area (TPSA) is 61.4 Å². The third kappa shape index (κ3) is 5.71. The fourth-order valence-corrected chi connectivity index (χ4v) is 4.40. The Bertz CT molecular complexity index is 1150. The van der Waals surface area contributed by atoms with Gasteiger partial charge in [0.2, 0.25) is 0 Å². The molecule has 3 aromatic rings. The molecule has 34 heavy (non-hydrogen) atoms. The maximum atomic E-state index is 13.8. The lowest BCUT2D eigenvalue weighted by Crippen LogP contribution is -2.38. The summed E-state index contributed by atoms with van der Waals surface area (Å²) < 4.78 is 13.8. The van der Waals surface area contributed by atoms with Crippen molar-refractivity contribution in [3.63, 3.8) is 0 Å². The molecule has 2 heterocycles. The monoisotopic (exact) mass is 461 g/mol. The van der Waals surface area contributed by atoms with E-state index in [1.54, 1.807) is 12.1 Å². The van der Waals surface area contributed by atoms with Gasteiger partial charge in [-0.3, -0.25) is 0 Å². The van der Waals surface area contributed by atoms with Crippen LogP contribution in [0.3, 0.4) is 0 Å². The maximum Gasteiger partial charge on any atom is 0.321 e. The van der Waals surface area contributed by atoms with Crippen LogP contribution in [0.25, 0.3) is 0 Å². The van der Waals surface area contributed by atoms with Crippen LogP contribution in [-0.4, -0.2) is 47.1 Å². The number of aromatic nitrogens is 2. The highest BCUT2D eigenvalue weighted by Crippen LogP contribution is 2.26. The molecule has 7 heteroatoms. The molecule has 0 unspecified atom stereocenters. The normalized spacial score (nSPS) is 14.1. The van der Waals surface area contributed by atoms with Gasteiger partial charge in [-0.15, -0.1) is 0 Å². The highest BCUT2D eigenvalue weighted by atomic mass is 19.1. The van der Waals surface area contributed by atoms with Gasteiger partial charge in [0.25, 0.3) is 0 Å². The Morgan fingerprint density at radius 3 is 2.56 bits per heavy atom. The number of hydrogen-bond donors (Lipinski definition) is 1. The molecule has 0 bridgehead atoms. The van der Waals surface area contributed by atoms with Gasteiger partial charge in [-0.1, -0.05) is 36.8 Å². The van der Waals surface area contributed by atoms with Crippen LogP contribution in [0.1, 0.15) is 41.6 Å². The number of amides is 2. The largest absolute Gasteiger partial charge is 0.354 e. The van der Waals surface area contributed by atoms with Crippen molar-refractivity contribution < 1.29 is 9.18 Å². The molecule has 1 N–H and O–H groups in total. The van der Waals surface area contributed by atoms with Crippen LogP contribution >= 0.6 is 0 Å². The Balaban J connectivity index is 1.53. The summed E-state index contributed by atoms with van der Waals surface area (Å²) in [4.78, 5) is 26.5. The van der Waals surface area contributed by atoms with Crippen molar-refractivity contribution >= 4 is 17.5 Å². The Morgan fingerprint density at radius 2 is 1.82 bits per heavy atom. The fraction of sp³-hybridized carbons (Fsp3) is 0.370. The zero-order valence-electron chi connectivity index (χ0n) is 20.1. The second-order valence-electron chi connectivity index (χ2n) is 8.80. The van der Waals surface area contributed by atoms with Crippen molar-refractivity contribution in [3.8, 4) is 0 Å². The summed E-state index contributed by atoms with van der Waals surface area (Å²) in [6.45, 7) is 8.77. The van der Waals surface area contributed by atoms with Gasteiger partial charge in [0, 0.05) is 49.5 Å². The SMILES string of the molecule is CCc1nc(C)nc(N2CCCN(C(=O)Nc3ccc(C)cc3)CC2)c1Cc1cccc(F)c1. The minimum Gasteiger partial charge on any atom is -0.354 e. The van der Waals surface area contributed by atoms with E-state index in [0.29, 0.717) is 26.1 Å². The summed E-state index contributed by atoms with van der Waals surface area (Å²) in [7, 11) is 0. The molecule has 6 nitrogen and oxygen atoms in total. The van der Waals surface area contributed by atoms with Gasteiger partial charge >= 0.3 is 6.03 Å². The summed E-state index contributed by atoms with van der Waals surface area (Å²) in [5, 5.41) is 3.01. The second-order valence-corrected chi connectivity index (χ2v) is 8.80. The third-order valence-corrected chi connectivity index (χ3v) is 6.17. The Labute approximate surface area is 200 Å². The lowest BCUT2D eigenvalue weighted by atomic mass is 10.0. The van der Waals surface area contributed by atoms with E-state index in [0.717, 1.165) is 59.1 Å². The first-order chi connectivity index (χ1) is 16.4. The van der Waals surface area contributed by atoms with Crippen LogP contribution < -0.4 is 10.2 Å². The Morgan fingerprint density at radius 1 is 1.03 bits per heavy atom. The molecule has 1 aliphatic heterocycles. The van der Waals surface area contributed by atoms with Crippen LogP contribution in [-0.2, 0) is 12.8 Å². The van der Waals surface area contributed by atoms with Crippen molar-refractivity contribution in [3.05, 3.63) is 82.6 Å². The van der Waals surface area contributed by atoms with Crippen LogP contribution in [0.2, 0.25) is 0 Å². The Kier molecular flexibility index (Phi) is 7.40. The van der Waals surface area contributed by atoms with E-state index < -0.39 is 0 Å². The number of anilines is 2. The molecular weight excluding hydrogens is 429 g/mol. The number of halogens is 1. The summed E-state index contributed by atoms with van der Waals surface area (Å²) >= 11 is 0. The second kappa shape index (κ2) is 10.6. The van der Waals surface area contributed by atoms with Crippen LogP contribution in [0.15, 0.2) is 48.5 Å². The highest BCUT2D eigenvalue weighted by molar-refractivity contribution is 5.89. The lowest BCUT2D eigenvalue weighted by molar-refractivity contribution is 0.215. The lowest BCUT2D eigenvalue weighted by Gasteiger charge is -2.26. The molecule has 1 fully saturated rings. The minimum atomic E-state index is -0.241. The Hall–Kier alpha value is -3.48. The van der Waals surface area contributed by atoms with Crippen molar-refractivity contribution in [2.45, 2.75) is 40.0 Å². The van der Waals surface area contributed by atoms with Crippen molar-refractivity contribution in [1.29, 1.82) is 0 Å². The predicted octanol–water partition coefficient (Wildman–Crippen LogP) is 5.13. The van der Waals surface area contributed by atoms with E-state index in [1.165, 1.54) is 6.07 Å². The first kappa shape index (κ1) is 23.7. The summed E-state index contributed by atoms with van der Waals surface area (Å²) in [5.41, 5.74) is 4.88. The first-order valence-electron chi connectivity index (χ1n) is 11.9. The van der Waals surface area contributed by atoms with Gasteiger partial charge in [-0.2, -0.15) is 0 Å². The summed E-state index contributed by atoms with van der Waals surface area (Å²) in [5.74, 6) is 1.39. The molecule has 2 aromatic carbocycles. The molecule has 2 amide bonds. The highest BCUT2D eigenvalue weighted by Gasteiger charge is 2.23. The number of benzene rings is 2. The molecule has 0 spiro atoms. The summed E-state index contributed by atoms with van der Waals surface area (Å²) in [6.07, 6.45) is 2.19. The van der Waals surface area contributed by atoms with Gasteiger partial charge in [0.05, 0.1) is 0 Å². The number of hydrogen-bond acceptors (Lipinski definition) is 4. The van der Waals surface area contributed by atoms with Gasteiger partial charge in [0.15, 0.2) is 0 Å². The van der Waals surface area contributed by atoms with E-state index in [2.05, 4.69) is 22.1 Å².